The van der Waals surface area contributed by atoms with Gasteiger partial charge in [0, 0.05) is 34.9 Å². The van der Waals surface area contributed by atoms with Crippen LogP contribution in [-0.4, -0.2) is 17.4 Å². The van der Waals surface area contributed by atoms with Crippen LogP contribution in [0.15, 0.2) is 95.2 Å². The SMILES string of the molecule is C=C/C(=C\C=C(/C)C(F)(F)F)C(/C(C)=C/N=CCC)c1ccc2nc(CC)c(-c3cccc(C)c3)c(Cl)c2c1. The number of nitrogens with zero attached hydrogens (tertiary/aromatic N) is 2. The van der Waals surface area contributed by atoms with Crippen LogP contribution in [0.3, 0.4) is 0 Å². The van der Waals surface area contributed by atoms with Crippen molar-refractivity contribution in [3.8, 4) is 11.1 Å². The Labute approximate surface area is 234 Å². The zero-order valence-electron chi connectivity index (χ0n) is 23.0. The summed E-state index contributed by atoms with van der Waals surface area (Å²) in [6.07, 6.45) is 4.77. The van der Waals surface area contributed by atoms with E-state index in [0.29, 0.717) is 10.6 Å². The topological polar surface area (TPSA) is 25.2 Å². The molecule has 0 bridgehead atoms. The number of rotatable bonds is 9. The molecule has 204 valence electrons. The summed E-state index contributed by atoms with van der Waals surface area (Å²) in [6, 6.07) is 14.0. The average molecular weight is 551 g/mol. The van der Waals surface area contributed by atoms with Gasteiger partial charge in [-0.05, 0) is 68.0 Å². The molecular formula is C33H34ClF3N2. The van der Waals surface area contributed by atoms with Crippen LogP contribution in [0.4, 0.5) is 13.2 Å². The lowest BCUT2D eigenvalue weighted by Gasteiger charge is -2.21. The Kier molecular flexibility index (Phi) is 10.1. The van der Waals surface area contributed by atoms with E-state index < -0.39 is 11.7 Å². The smallest absolute Gasteiger partial charge is 0.269 e. The van der Waals surface area contributed by atoms with E-state index in [1.165, 1.54) is 6.08 Å². The van der Waals surface area contributed by atoms with Gasteiger partial charge in [-0.1, -0.05) is 86.2 Å². The van der Waals surface area contributed by atoms with Gasteiger partial charge in [-0.15, -0.1) is 0 Å². The number of aliphatic imine (C=N–C) groups is 1. The molecule has 0 saturated carbocycles. The van der Waals surface area contributed by atoms with Crippen molar-refractivity contribution in [1.29, 1.82) is 0 Å². The minimum Gasteiger partial charge on any atom is -0.269 e. The number of aromatic nitrogens is 1. The average Bonchev–Trinajstić information content (AvgIpc) is 2.90. The van der Waals surface area contributed by atoms with E-state index in [1.54, 1.807) is 18.5 Å². The number of aryl methyl sites for hydroxylation is 2. The fourth-order valence-corrected chi connectivity index (χ4v) is 4.85. The normalized spacial score (nSPS) is 14.3. The summed E-state index contributed by atoms with van der Waals surface area (Å²) in [5, 5.41) is 1.38. The number of halogens is 4. The number of hydrogen-bond acceptors (Lipinski definition) is 2. The van der Waals surface area contributed by atoms with Crippen LogP contribution in [0.1, 0.15) is 56.9 Å². The van der Waals surface area contributed by atoms with Crippen LogP contribution in [-0.2, 0) is 6.42 Å². The molecule has 1 heterocycles. The molecule has 0 fully saturated rings. The molecule has 39 heavy (non-hydrogen) atoms. The van der Waals surface area contributed by atoms with E-state index in [9.17, 15) is 13.2 Å². The summed E-state index contributed by atoms with van der Waals surface area (Å²) in [4.78, 5) is 9.30. The Morgan fingerprint density at radius 2 is 1.85 bits per heavy atom. The maximum absolute atomic E-state index is 13.2. The van der Waals surface area contributed by atoms with E-state index in [1.807, 2.05) is 57.2 Å². The molecule has 3 rings (SSSR count). The van der Waals surface area contributed by atoms with Crippen molar-refractivity contribution in [1.82, 2.24) is 4.98 Å². The molecule has 0 N–H and O–H groups in total. The largest absolute Gasteiger partial charge is 0.412 e. The maximum atomic E-state index is 13.2. The summed E-state index contributed by atoms with van der Waals surface area (Å²) in [6.45, 7) is 13.0. The molecule has 1 unspecified atom stereocenters. The highest BCUT2D eigenvalue weighted by atomic mass is 35.5. The molecular weight excluding hydrogens is 517 g/mol. The zero-order chi connectivity index (χ0) is 28.7. The lowest BCUT2D eigenvalue weighted by molar-refractivity contribution is -0.0913. The van der Waals surface area contributed by atoms with Crippen molar-refractivity contribution in [2.24, 2.45) is 4.99 Å². The fourth-order valence-electron chi connectivity index (χ4n) is 4.49. The van der Waals surface area contributed by atoms with Crippen molar-refractivity contribution in [2.45, 2.75) is 59.6 Å². The Morgan fingerprint density at radius 3 is 2.46 bits per heavy atom. The third-order valence-corrected chi connectivity index (χ3v) is 6.95. The first kappa shape index (κ1) is 30.1. The van der Waals surface area contributed by atoms with Gasteiger partial charge in [-0.3, -0.25) is 9.98 Å². The van der Waals surface area contributed by atoms with Gasteiger partial charge in [0.25, 0.3) is 0 Å². The second-order valence-electron chi connectivity index (χ2n) is 9.51. The molecule has 0 saturated heterocycles. The molecule has 0 aliphatic heterocycles. The van der Waals surface area contributed by atoms with E-state index in [-0.39, 0.29) is 5.92 Å². The second-order valence-corrected chi connectivity index (χ2v) is 9.89. The molecule has 0 spiro atoms. The number of benzene rings is 2. The molecule has 0 amide bonds. The van der Waals surface area contributed by atoms with Crippen molar-refractivity contribution < 1.29 is 13.2 Å². The molecule has 2 aromatic carbocycles. The first-order valence-corrected chi connectivity index (χ1v) is 13.3. The van der Waals surface area contributed by atoms with Crippen LogP contribution in [0.2, 0.25) is 5.02 Å². The Morgan fingerprint density at radius 1 is 1.10 bits per heavy atom. The minimum absolute atomic E-state index is 0.387. The second kappa shape index (κ2) is 13.1. The van der Waals surface area contributed by atoms with Crippen molar-refractivity contribution in [2.75, 3.05) is 0 Å². The van der Waals surface area contributed by atoms with Gasteiger partial charge in [0.1, 0.15) is 0 Å². The predicted molar refractivity (Wildman–Crippen MR) is 160 cm³/mol. The quantitative estimate of drug-likeness (QED) is 0.192. The van der Waals surface area contributed by atoms with E-state index in [4.69, 9.17) is 16.6 Å². The molecule has 0 radical (unpaired) electrons. The van der Waals surface area contributed by atoms with Gasteiger partial charge < -0.3 is 0 Å². The molecule has 1 atom stereocenters. The third kappa shape index (κ3) is 7.15. The minimum atomic E-state index is -4.40. The van der Waals surface area contributed by atoms with Crippen LogP contribution < -0.4 is 0 Å². The third-order valence-electron chi connectivity index (χ3n) is 6.56. The van der Waals surface area contributed by atoms with Crippen molar-refractivity contribution >= 4 is 28.7 Å². The van der Waals surface area contributed by atoms with Gasteiger partial charge in [-0.2, -0.15) is 13.2 Å². The van der Waals surface area contributed by atoms with E-state index in [0.717, 1.165) is 70.3 Å². The highest BCUT2D eigenvalue weighted by molar-refractivity contribution is 6.38. The number of pyridine rings is 1. The molecule has 3 aromatic rings. The molecule has 6 heteroatoms. The Balaban J connectivity index is 2.28. The van der Waals surface area contributed by atoms with Crippen LogP contribution >= 0.6 is 11.6 Å². The van der Waals surface area contributed by atoms with Crippen LogP contribution in [0.5, 0.6) is 0 Å². The number of fused-ring (bicyclic) bond motifs is 1. The van der Waals surface area contributed by atoms with Gasteiger partial charge in [-0.25, -0.2) is 0 Å². The van der Waals surface area contributed by atoms with Gasteiger partial charge in [0.2, 0.25) is 0 Å². The van der Waals surface area contributed by atoms with Crippen molar-refractivity contribution in [3.05, 3.63) is 112 Å². The number of hydrogen-bond donors (Lipinski definition) is 0. The van der Waals surface area contributed by atoms with Crippen LogP contribution in [0, 0.1) is 6.92 Å². The maximum Gasteiger partial charge on any atom is 0.412 e. The first-order chi connectivity index (χ1) is 18.5. The van der Waals surface area contributed by atoms with E-state index in [2.05, 4.69) is 24.6 Å². The fraction of sp³-hybridized carbons (Fsp3) is 0.273. The number of alkyl halides is 3. The van der Waals surface area contributed by atoms with Gasteiger partial charge in [0.05, 0.1) is 16.2 Å². The molecule has 0 aliphatic carbocycles. The highest BCUT2D eigenvalue weighted by Gasteiger charge is 2.29. The Bertz CT molecular complexity index is 1480. The Hall–Kier alpha value is -3.44. The van der Waals surface area contributed by atoms with Gasteiger partial charge in [0.15, 0.2) is 0 Å². The molecule has 1 aromatic heterocycles. The van der Waals surface area contributed by atoms with Crippen LogP contribution in [0.25, 0.3) is 22.0 Å². The summed E-state index contributed by atoms with van der Waals surface area (Å²) < 4.78 is 39.6. The number of allylic oxidation sites excluding steroid dienone is 6. The highest BCUT2D eigenvalue weighted by Crippen LogP contribution is 2.40. The summed E-state index contributed by atoms with van der Waals surface area (Å²) in [5.74, 6) is -0.387. The lowest BCUT2D eigenvalue weighted by Crippen LogP contribution is -2.09. The summed E-state index contributed by atoms with van der Waals surface area (Å²) >= 11 is 7.09. The molecule has 0 aliphatic rings. The summed E-state index contributed by atoms with van der Waals surface area (Å²) in [7, 11) is 0. The predicted octanol–water partition coefficient (Wildman–Crippen LogP) is 10.5. The lowest BCUT2D eigenvalue weighted by atomic mass is 9.84. The standard InChI is InChI=1S/C33H34ClF3N2/c1-7-17-38-20-22(5)30(24(8-2)14-13-23(6)33(35,36)37)26-15-16-29-27(19-26)32(34)31(28(9-3)39-29)25-12-10-11-21(4)18-25/h8,10-20,30H,2,7,9H2,1,3-6H3/b22-20+,23-13+,24-14+,38-17?. The molecule has 2 nitrogen and oxygen atoms in total. The summed E-state index contributed by atoms with van der Waals surface area (Å²) in [5.41, 5.74) is 6.33. The van der Waals surface area contributed by atoms with E-state index >= 15 is 0 Å². The monoisotopic (exact) mass is 550 g/mol. The van der Waals surface area contributed by atoms with Gasteiger partial charge >= 0.3 is 6.18 Å². The first-order valence-electron chi connectivity index (χ1n) is 13.0. The zero-order valence-corrected chi connectivity index (χ0v) is 23.8. The van der Waals surface area contributed by atoms with Crippen molar-refractivity contribution in [3.63, 3.8) is 0 Å².